The lowest BCUT2D eigenvalue weighted by Crippen LogP contribution is -2.21. The maximum absolute atomic E-state index is 13.0. The number of phenols is 1. The average molecular weight is 397 g/mol. The first-order valence-electron chi connectivity index (χ1n) is 6.71. The van der Waals surface area contributed by atoms with Gasteiger partial charge in [-0.15, -0.1) is 0 Å². The number of benzene rings is 1. The standard InChI is InChI=1S/C13H9ClF4N4O4/c14-9-10(12(15)16)20-21(11(9)13(17)18)4-8(24)19-6-2-1-5(22(25)26)3-7(6)23/h1-3,12-13,23H,4H2,(H,19,24). The highest BCUT2D eigenvalue weighted by Gasteiger charge is 2.28. The molecule has 1 aromatic heterocycles. The van der Waals surface area contributed by atoms with E-state index in [1.807, 2.05) is 0 Å². The number of carbonyl (C=O) groups excluding carboxylic acids is 1. The molecule has 8 nitrogen and oxygen atoms in total. The van der Waals surface area contributed by atoms with Crippen LogP contribution >= 0.6 is 11.6 Å². The van der Waals surface area contributed by atoms with Crippen LogP contribution in [0.1, 0.15) is 24.2 Å². The number of alkyl halides is 4. The zero-order chi connectivity index (χ0) is 19.6. The van der Waals surface area contributed by atoms with Crippen LogP contribution in [0, 0.1) is 10.1 Å². The van der Waals surface area contributed by atoms with Crippen LogP contribution in [0.15, 0.2) is 18.2 Å². The van der Waals surface area contributed by atoms with Gasteiger partial charge in [-0.05, 0) is 6.07 Å². The van der Waals surface area contributed by atoms with Crippen LogP contribution in [0.4, 0.5) is 28.9 Å². The van der Waals surface area contributed by atoms with Crippen LogP contribution in [-0.4, -0.2) is 25.7 Å². The fourth-order valence-electron chi connectivity index (χ4n) is 2.01. The van der Waals surface area contributed by atoms with Gasteiger partial charge < -0.3 is 10.4 Å². The third-order valence-corrected chi connectivity index (χ3v) is 3.52. The van der Waals surface area contributed by atoms with Crippen molar-refractivity contribution >= 4 is 28.9 Å². The lowest BCUT2D eigenvalue weighted by molar-refractivity contribution is -0.384. The first-order chi connectivity index (χ1) is 12.1. The first kappa shape index (κ1) is 19.4. The normalized spacial score (nSPS) is 11.2. The molecule has 2 aromatic rings. The van der Waals surface area contributed by atoms with E-state index < -0.39 is 58.1 Å². The lowest BCUT2D eigenvalue weighted by Gasteiger charge is -2.09. The molecule has 140 valence electrons. The molecule has 0 fully saturated rings. The predicted octanol–water partition coefficient (Wildman–Crippen LogP) is 3.66. The Hall–Kier alpha value is -2.89. The van der Waals surface area contributed by atoms with Gasteiger partial charge >= 0.3 is 0 Å². The van der Waals surface area contributed by atoms with Crippen LogP contribution in [0.5, 0.6) is 5.75 Å². The van der Waals surface area contributed by atoms with E-state index in [4.69, 9.17) is 11.6 Å². The first-order valence-corrected chi connectivity index (χ1v) is 7.09. The Morgan fingerprint density at radius 3 is 2.50 bits per heavy atom. The van der Waals surface area contributed by atoms with Gasteiger partial charge in [0.2, 0.25) is 5.91 Å². The second-order valence-electron chi connectivity index (χ2n) is 4.85. The Bertz CT molecular complexity index is 859. The van der Waals surface area contributed by atoms with Crippen molar-refractivity contribution in [2.24, 2.45) is 0 Å². The van der Waals surface area contributed by atoms with Gasteiger partial charge in [-0.3, -0.25) is 19.6 Å². The van der Waals surface area contributed by atoms with Gasteiger partial charge in [0, 0.05) is 6.07 Å². The molecule has 2 N–H and O–H groups in total. The molecular formula is C13H9ClF4N4O4. The molecule has 0 saturated carbocycles. The number of hydrogen-bond donors (Lipinski definition) is 2. The van der Waals surface area contributed by atoms with E-state index in [9.17, 15) is 37.6 Å². The number of rotatable bonds is 6. The predicted molar refractivity (Wildman–Crippen MR) is 80.5 cm³/mol. The summed E-state index contributed by atoms with van der Waals surface area (Å²) in [5.74, 6) is -1.65. The monoisotopic (exact) mass is 396 g/mol. The number of amides is 1. The van der Waals surface area contributed by atoms with Crippen LogP contribution in [0.3, 0.4) is 0 Å². The number of nitro benzene ring substituents is 1. The van der Waals surface area contributed by atoms with Gasteiger partial charge in [-0.1, -0.05) is 11.6 Å². The quantitative estimate of drug-likeness (QED) is 0.335. The van der Waals surface area contributed by atoms with Crippen molar-refractivity contribution in [3.05, 3.63) is 44.7 Å². The molecule has 26 heavy (non-hydrogen) atoms. The van der Waals surface area contributed by atoms with E-state index in [-0.39, 0.29) is 5.69 Å². The molecule has 2 rings (SSSR count). The summed E-state index contributed by atoms with van der Waals surface area (Å²) in [6.45, 7) is -0.900. The Balaban J connectivity index is 2.23. The van der Waals surface area contributed by atoms with Crippen molar-refractivity contribution in [1.82, 2.24) is 9.78 Å². The molecule has 0 atom stereocenters. The molecule has 1 heterocycles. The SMILES string of the molecule is O=C(Cn1nc(C(F)F)c(Cl)c1C(F)F)Nc1ccc([N+](=O)[O-])cc1O. The molecule has 13 heteroatoms. The molecule has 0 aliphatic heterocycles. The smallest absolute Gasteiger partial charge is 0.283 e. The zero-order valence-corrected chi connectivity index (χ0v) is 13.3. The summed E-state index contributed by atoms with van der Waals surface area (Å²) < 4.78 is 51.8. The topological polar surface area (TPSA) is 110 Å². The van der Waals surface area contributed by atoms with Gasteiger partial charge in [0.1, 0.15) is 23.7 Å². The van der Waals surface area contributed by atoms with Crippen molar-refractivity contribution in [3.8, 4) is 5.75 Å². The summed E-state index contributed by atoms with van der Waals surface area (Å²) in [6, 6.07) is 2.76. The molecule has 0 spiro atoms. The minimum absolute atomic E-state index is 0.244. The molecule has 1 amide bonds. The number of nitro groups is 1. The zero-order valence-electron chi connectivity index (χ0n) is 12.5. The fourth-order valence-corrected chi connectivity index (χ4v) is 2.31. The van der Waals surface area contributed by atoms with Crippen LogP contribution < -0.4 is 5.32 Å². The highest BCUT2D eigenvalue weighted by atomic mass is 35.5. The molecule has 0 bridgehead atoms. The number of aromatic hydroxyl groups is 1. The van der Waals surface area contributed by atoms with E-state index in [0.717, 1.165) is 18.2 Å². The molecule has 0 aliphatic rings. The summed E-state index contributed by atoms with van der Waals surface area (Å²) >= 11 is 5.46. The van der Waals surface area contributed by atoms with Crippen molar-refractivity contribution < 1.29 is 32.4 Å². The maximum Gasteiger partial charge on any atom is 0.283 e. The number of hydrogen-bond acceptors (Lipinski definition) is 5. The molecule has 0 aliphatic carbocycles. The highest BCUT2D eigenvalue weighted by Crippen LogP contribution is 2.34. The van der Waals surface area contributed by atoms with Gasteiger partial charge in [0.05, 0.1) is 21.7 Å². The Morgan fingerprint density at radius 2 is 2.00 bits per heavy atom. The lowest BCUT2D eigenvalue weighted by atomic mass is 10.2. The van der Waals surface area contributed by atoms with Crippen LogP contribution in [0.25, 0.3) is 0 Å². The van der Waals surface area contributed by atoms with E-state index in [1.165, 1.54) is 0 Å². The van der Waals surface area contributed by atoms with Gasteiger partial charge in [0.25, 0.3) is 18.5 Å². The minimum Gasteiger partial charge on any atom is -0.506 e. The van der Waals surface area contributed by atoms with Crippen LogP contribution in [0.2, 0.25) is 5.02 Å². The second-order valence-corrected chi connectivity index (χ2v) is 5.23. The van der Waals surface area contributed by atoms with E-state index >= 15 is 0 Å². The van der Waals surface area contributed by atoms with E-state index in [1.54, 1.807) is 0 Å². The molecular weight excluding hydrogens is 388 g/mol. The summed E-state index contributed by atoms with van der Waals surface area (Å²) in [4.78, 5) is 21.7. The van der Waals surface area contributed by atoms with Crippen molar-refractivity contribution in [1.29, 1.82) is 0 Å². The Morgan fingerprint density at radius 1 is 1.35 bits per heavy atom. The largest absolute Gasteiger partial charge is 0.506 e. The number of nitrogens with one attached hydrogen (secondary N) is 1. The molecule has 0 saturated heterocycles. The minimum atomic E-state index is -3.26. The number of non-ortho nitro benzene ring substituents is 1. The Kier molecular flexibility index (Phi) is 5.65. The highest BCUT2D eigenvalue weighted by molar-refractivity contribution is 6.32. The molecule has 0 unspecified atom stereocenters. The number of carbonyl (C=O) groups is 1. The van der Waals surface area contributed by atoms with E-state index in [2.05, 4.69) is 10.4 Å². The van der Waals surface area contributed by atoms with Crippen molar-refractivity contribution in [3.63, 3.8) is 0 Å². The van der Waals surface area contributed by atoms with Crippen LogP contribution in [-0.2, 0) is 11.3 Å². The number of aromatic nitrogens is 2. The van der Waals surface area contributed by atoms with Crippen molar-refractivity contribution in [2.45, 2.75) is 19.4 Å². The fraction of sp³-hybridized carbons (Fsp3) is 0.231. The van der Waals surface area contributed by atoms with Gasteiger partial charge in [0.15, 0.2) is 0 Å². The third-order valence-electron chi connectivity index (χ3n) is 3.13. The summed E-state index contributed by atoms with van der Waals surface area (Å²) in [6.07, 6.45) is -6.48. The number of phenolic OH excluding ortho intramolecular Hbond substituents is 1. The Labute approximate surface area is 147 Å². The second kappa shape index (κ2) is 7.56. The maximum atomic E-state index is 13.0. The summed E-state index contributed by atoms with van der Waals surface area (Å²) in [7, 11) is 0. The number of anilines is 1. The number of nitrogens with zero attached hydrogens (tertiary/aromatic N) is 3. The van der Waals surface area contributed by atoms with E-state index in [0.29, 0.717) is 4.68 Å². The summed E-state index contributed by atoms with van der Waals surface area (Å²) in [5.41, 5.74) is -2.83. The molecule has 1 aromatic carbocycles. The van der Waals surface area contributed by atoms with Gasteiger partial charge in [-0.2, -0.15) is 5.10 Å². The summed E-state index contributed by atoms with van der Waals surface area (Å²) in [5, 5.41) is 24.6. The van der Waals surface area contributed by atoms with Gasteiger partial charge in [-0.25, -0.2) is 17.6 Å². The van der Waals surface area contributed by atoms with Crippen molar-refractivity contribution in [2.75, 3.05) is 5.32 Å². The molecule has 0 radical (unpaired) electrons. The third kappa shape index (κ3) is 4.02. The number of halogens is 5. The average Bonchev–Trinajstić information content (AvgIpc) is 2.85.